The molecule has 0 spiro atoms. The summed E-state index contributed by atoms with van der Waals surface area (Å²) in [7, 11) is 0. The van der Waals surface area contributed by atoms with Gasteiger partial charge in [0.05, 0.1) is 12.2 Å². The molecule has 1 aliphatic rings. The molecule has 1 aliphatic heterocycles. The normalized spacial score (nSPS) is 15.4. The monoisotopic (exact) mass is 488 g/mol. The molecule has 0 fully saturated rings. The second-order valence-corrected chi connectivity index (χ2v) is 9.58. The minimum absolute atomic E-state index is 0.0261. The Kier molecular flexibility index (Phi) is 8.84. The van der Waals surface area contributed by atoms with Gasteiger partial charge in [-0.3, -0.25) is 24.6 Å². The molecule has 2 N–H and O–H groups in total. The maximum Gasteiger partial charge on any atom is 0.251 e. The minimum atomic E-state index is -0.155. The second kappa shape index (κ2) is 12.4. The fourth-order valence-corrected chi connectivity index (χ4v) is 4.74. The number of amides is 2. The lowest BCUT2D eigenvalue weighted by molar-refractivity contribution is -0.116. The van der Waals surface area contributed by atoms with Crippen LogP contribution in [-0.4, -0.2) is 45.0 Å². The number of hydrogen-bond acceptors (Lipinski definition) is 5. The van der Waals surface area contributed by atoms with Crippen LogP contribution in [0.5, 0.6) is 0 Å². The number of H-pyrrole nitrogens is 1. The van der Waals surface area contributed by atoms with Gasteiger partial charge in [0.1, 0.15) is 0 Å². The summed E-state index contributed by atoms with van der Waals surface area (Å²) in [6, 6.07) is 11.7. The van der Waals surface area contributed by atoms with E-state index in [9.17, 15) is 9.59 Å². The van der Waals surface area contributed by atoms with E-state index in [1.54, 1.807) is 13.1 Å². The van der Waals surface area contributed by atoms with Gasteiger partial charge in [-0.25, -0.2) is 0 Å². The van der Waals surface area contributed by atoms with Crippen LogP contribution in [0.4, 0.5) is 5.69 Å². The smallest absolute Gasteiger partial charge is 0.251 e. The summed E-state index contributed by atoms with van der Waals surface area (Å²) < 4.78 is 0. The Morgan fingerprint density at radius 3 is 2.58 bits per heavy atom. The molecule has 0 unspecified atom stereocenters. The highest BCUT2D eigenvalue weighted by Gasteiger charge is 2.20. The molecule has 0 bridgehead atoms. The minimum Gasteiger partial charge on any atom is -0.346 e. The van der Waals surface area contributed by atoms with E-state index in [2.05, 4.69) is 31.5 Å². The summed E-state index contributed by atoms with van der Waals surface area (Å²) >= 11 is 0. The molecule has 2 amide bonds. The van der Waals surface area contributed by atoms with Gasteiger partial charge in [-0.15, -0.1) is 0 Å². The number of carbonyl (C=O) groups excluding carboxylic acids is 2. The fraction of sp³-hybridized carbons (Fsp3) is 0.429. The molecule has 0 saturated heterocycles. The van der Waals surface area contributed by atoms with Crippen LogP contribution in [-0.2, 0) is 24.4 Å². The Morgan fingerprint density at radius 2 is 1.86 bits per heavy atom. The van der Waals surface area contributed by atoms with E-state index in [1.807, 2.05) is 48.4 Å². The molecule has 3 heterocycles. The lowest BCUT2D eigenvalue weighted by atomic mass is 10.0. The molecule has 0 atom stereocenters. The van der Waals surface area contributed by atoms with Crippen molar-refractivity contribution in [2.45, 2.75) is 65.6 Å². The molecule has 1 aromatic carbocycles. The average Bonchev–Trinajstić information content (AvgIpc) is 3.29. The van der Waals surface area contributed by atoms with Gasteiger partial charge in [0.2, 0.25) is 5.91 Å². The molecule has 36 heavy (non-hydrogen) atoms. The third-order valence-corrected chi connectivity index (χ3v) is 6.58. The highest BCUT2D eigenvalue weighted by atomic mass is 16.2. The van der Waals surface area contributed by atoms with Crippen LogP contribution >= 0.6 is 0 Å². The van der Waals surface area contributed by atoms with Crippen molar-refractivity contribution in [2.75, 3.05) is 18.0 Å². The molecule has 0 saturated carbocycles. The first-order valence-electron chi connectivity index (χ1n) is 12.8. The Labute approximate surface area is 213 Å². The number of carbonyl (C=O) groups is 2. The van der Waals surface area contributed by atoms with Gasteiger partial charge in [-0.05, 0) is 67.8 Å². The standard InChI is InChI=1S/C28H36N6O2/c1-21-15-26(32-31-21)18-30-28(36)24-10-11-27-25(16-24)20-33(19-23-9-8-12-29-17-23)13-6-4-3-5-7-14-34(27)22(2)35/h8-12,15-17H,3-7,13-14,18-20H2,1-2H3,(H,30,36)(H,31,32). The predicted octanol–water partition coefficient (Wildman–Crippen LogP) is 4.36. The number of anilines is 1. The van der Waals surface area contributed by atoms with Crippen LogP contribution in [0.25, 0.3) is 0 Å². The van der Waals surface area contributed by atoms with Gasteiger partial charge in [0.15, 0.2) is 0 Å². The van der Waals surface area contributed by atoms with Crippen LogP contribution in [0.3, 0.4) is 0 Å². The van der Waals surface area contributed by atoms with Crippen molar-refractivity contribution in [1.29, 1.82) is 0 Å². The number of aryl methyl sites for hydroxylation is 1. The van der Waals surface area contributed by atoms with E-state index in [0.717, 1.165) is 60.6 Å². The maximum atomic E-state index is 13.0. The predicted molar refractivity (Wildman–Crippen MR) is 140 cm³/mol. The summed E-state index contributed by atoms with van der Waals surface area (Å²) in [6.45, 7) is 6.96. The first kappa shape index (κ1) is 25.6. The van der Waals surface area contributed by atoms with Gasteiger partial charge in [-0.2, -0.15) is 5.10 Å². The van der Waals surface area contributed by atoms with E-state index in [0.29, 0.717) is 25.2 Å². The van der Waals surface area contributed by atoms with Gasteiger partial charge >= 0.3 is 0 Å². The van der Waals surface area contributed by atoms with Crippen molar-refractivity contribution >= 4 is 17.5 Å². The van der Waals surface area contributed by atoms with E-state index in [1.165, 1.54) is 12.8 Å². The van der Waals surface area contributed by atoms with Crippen molar-refractivity contribution in [3.8, 4) is 0 Å². The molecule has 190 valence electrons. The SMILES string of the molecule is CC(=O)N1CCCCCCCN(Cc2cccnc2)Cc2cc(C(=O)NCc3cc(C)[nH]n3)ccc21. The van der Waals surface area contributed by atoms with Crippen LogP contribution < -0.4 is 10.2 Å². The Morgan fingerprint density at radius 1 is 1.06 bits per heavy atom. The van der Waals surface area contributed by atoms with Crippen LogP contribution in [0.2, 0.25) is 0 Å². The van der Waals surface area contributed by atoms with Crippen molar-refractivity contribution in [1.82, 2.24) is 25.4 Å². The Balaban J connectivity index is 1.62. The summed E-state index contributed by atoms with van der Waals surface area (Å²) in [4.78, 5) is 34.2. The Bertz CT molecular complexity index is 1160. The van der Waals surface area contributed by atoms with Crippen molar-refractivity contribution < 1.29 is 9.59 Å². The maximum absolute atomic E-state index is 13.0. The topological polar surface area (TPSA) is 94.2 Å². The number of nitrogens with zero attached hydrogens (tertiary/aromatic N) is 4. The number of aromatic nitrogens is 3. The van der Waals surface area contributed by atoms with Crippen LogP contribution in [0.1, 0.15) is 71.9 Å². The number of rotatable bonds is 5. The molecular formula is C28H36N6O2. The summed E-state index contributed by atoms with van der Waals surface area (Å²) in [5.74, 6) is -0.129. The lowest BCUT2D eigenvalue weighted by Gasteiger charge is -2.29. The molecule has 3 aromatic rings. The molecular weight excluding hydrogens is 452 g/mol. The lowest BCUT2D eigenvalue weighted by Crippen LogP contribution is -2.33. The molecule has 8 heteroatoms. The van der Waals surface area contributed by atoms with Crippen molar-refractivity contribution in [3.63, 3.8) is 0 Å². The first-order chi connectivity index (χ1) is 17.5. The van der Waals surface area contributed by atoms with E-state index < -0.39 is 0 Å². The highest BCUT2D eigenvalue weighted by Crippen LogP contribution is 2.26. The number of pyridine rings is 1. The molecule has 2 aromatic heterocycles. The van der Waals surface area contributed by atoms with Crippen LogP contribution in [0.15, 0.2) is 48.8 Å². The van der Waals surface area contributed by atoms with Gasteiger partial charge in [-0.1, -0.05) is 25.3 Å². The third-order valence-electron chi connectivity index (χ3n) is 6.58. The average molecular weight is 489 g/mol. The summed E-state index contributed by atoms with van der Waals surface area (Å²) in [5, 5.41) is 10.1. The zero-order valence-corrected chi connectivity index (χ0v) is 21.3. The highest BCUT2D eigenvalue weighted by molar-refractivity contribution is 5.97. The van der Waals surface area contributed by atoms with Gasteiger partial charge < -0.3 is 10.2 Å². The molecule has 8 nitrogen and oxygen atoms in total. The van der Waals surface area contributed by atoms with E-state index in [4.69, 9.17) is 0 Å². The fourth-order valence-electron chi connectivity index (χ4n) is 4.74. The van der Waals surface area contributed by atoms with Gasteiger partial charge in [0, 0.05) is 55.9 Å². The first-order valence-corrected chi connectivity index (χ1v) is 12.8. The number of aromatic amines is 1. The number of fused-ring (bicyclic) bond motifs is 1. The quantitative estimate of drug-likeness (QED) is 0.556. The Hall–Kier alpha value is -3.52. The van der Waals surface area contributed by atoms with Crippen LogP contribution in [0, 0.1) is 6.92 Å². The molecule has 0 radical (unpaired) electrons. The zero-order valence-electron chi connectivity index (χ0n) is 21.3. The van der Waals surface area contributed by atoms with Crippen molar-refractivity contribution in [2.24, 2.45) is 0 Å². The van der Waals surface area contributed by atoms with E-state index >= 15 is 0 Å². The number of nitrogens with one attached hydrogen (secondary N) is 2. The van der Waals surface area contributed by atoms with E-state index in [-0.39, 0.29) is 11.8 Å². The third kappa shape index (κ3) is 7.01. The zero-order chi connectivity index (χ0) is 25.3. The second-order valence-electron chi connectivity index (χ2n) is 9.58. The molecule has 4 rings (SSSR count). The summed E-state index contributed by atoms with van der Waals surface area (Å²) in [5.41, 5.74) is 5.35. The number of benzene rings is 1. The summed E-state index contributed by atoms with van der Waals surface area (Å²) in [6.07, 6.45) is 9.24. The molecule has 0 aliphatic carbocycles. The largest absolute Gasteiger partial charge is 0.346 e. The van der Waals surface area contributed by atoms with Gasteiger partial charge in [0.25, 0.3) is 5.91 Å². The van der Waals surface area contributed by atoms with Crippen molar-refractivity contribution in [3.05, 3.63) is 76.9 Å². The number of hydrogen-bond donors (Lipinski definition) is 2.